The molecule has 0 aromatic heterocycles. The van der Waals surface area contributed by atoms with Gasteiger partial charge in [0.2, 0.25) is 0 Å². The average molecular weight is 373 g/mol. The molecule has 2 fully saturated rings. The van der Waals surface area contributed by atoms with Crippen molar-refractivity contribution in [1.29, 1.82) is 0 Å². The summed E-state index contributed by atoms with van der Waals surface area (Å²) >= 11 is 0. The molecule has 0 saturated carbocycles. The zero-order chi connectivity index (χ0) is 19.1. The molecule has 28 heavy (non-hydrogen) atoms. The van der Waals surface area contributed by atoms with Gasteiger partial charge in [-0.05, 0) is 65.8 Å². The van der Waals surface area contributed by atoms with Crippen molar-refractivity contribution in [3.05, 3.63) is 77.9 Å². The van der Waals surface area contributed by atoms with Crippen molar-refractivity contribution >= 4 is 10.8 Å². The van der Waals surface area contributed by atoms with Gasteiger partial charge in [-0.15, -0.1) is 0 Å². The van der Waals surface area contributed by atoms with E-state index >= 15 is 0 Å². The van der Waals surface area contributed by atoms with Crippen molar-refractivity contribution in [3.63, 3.8) is 0 Å². The van der Waals surface area contributed by atoms with E-state index in [1.54, 1.807) is 7.11 Å². The summed E-state index contributed by atoms with van der Waals surface area (Å²) in [6.07, 6.45) is 4.01. The normalized spacial score (nSPS) is 27.2. The maximum absolute atomic E-state index is 11.6. The van der Waals surface area contributed by atoms with Crippen molar-refractivity contribution in [2.24, 2.45) is 0 Å². The second kappa shape index (κ2) is 6.91. The highest BCUT2D eigenvalue weighted by Gasteiger charge is 2.48. The molecule has 0 amide bonds. The predicted octanol–water partition coefficient (Wildman–Crippen LogP) is 4.86. The van der Waals surface area contributed by atoms with Crippen LogP contribution >= 0.6 is 0 Å². The Kier molecular flexibility index (Phi) is 4.37. The number of nitrogens with zero attached hydrogens (tertiary/aromatic N) is 1. The van der Waals surface area contributed by atoms with Crippen LogP contribution in [0.2, 0.25) is 0 Å². The van der Waals surface area contributed by atoms with E-state index in [-0.39, 0.29) is 0 Å². The van der Waals surface area contributed by atoms with Gasteiger partial charge in [-0.25, -0.2) is 0 Å². The van der Waals surface area contributed by atoms with Crippen LogP contribution in [0.3, 0.4) is 0 Å². The van der Waals surface area contributed by atoms with E-state index in [9.17, 15) is 5.11 Å². The van der Waals surface area contributed by atoms with Gasteiger partial charge in [-0.3, -0.25) is 4.90 Å². The summed E-state index contributed by atoms with van der Waals surface area (Å²) in [5, 5.41) is 13.9. The first kappa shape index (κ1) is 17.7. The van der Waals surface area contributed by atoms with Crippen molar-refractivity contribution in [2.75, 3.05) is 7.11 Å². The van der Waals surface area contributed by atoms with Crippen LogP contribution in [0.15, 0.2) is 66.7 Å². The lowest BCUT2D eigenvalue weighted by Gasteiger charge is -2.44. The largest absolute Gasteiger partial charge is 0.497 e. The fraction of sp³-hybridized carbons (Fsp3) is 0.360. The number of hydrogen-bond donors (Lipinski definition) is 1. The molecule has 2 unspecified atom stereocenters. The lowest BCUT2D eigenvalue weighted by Crippen LogP contribution is -2.49. The molecular weight excluding hydrogens is 346 g/mol. The quantitative estimate of drug-likeness (QED) is 0.709. The molecule has 3 aromatic rings. The summed E-state index contributed by atoms with van der Waals surface area (Å²) in [7, 11) is 1.69. The van der Waals surface area contributed by atoms with E-state index < -0.39 is 5.60 Å². The number of methoxy groups -OCH3 is 1. The highest BCUT2D eigenvalue weighted by Crippen LogP contribution is 2.46. The second-order valence-corrected chi connectivity index (χ2v) is 8.41. The number of aliphatic hydroxyl groups is 1. The van der Waals surface area contributed by atoms with Crippen molar-refractivity contribution < 1.29 is 9.84 Å². The Morgan fingerprint density at radius 1 is 0.929 bits per heavy atom. The van der Waals surface area contributed by atoms with Crippen LogP contribution in [-0.4, -0.2) is 29.2 Å². The molecule has 2 aliphatic rings. The van der Waals surface area contributed by atoms with E-state index in [0.717, 1.165) is 41.5 Å². The van der Waals surface area contributed by atoms with E-state index in [4.69, 9.17) is 4.74 Å². The molecule has 5 rings (SSSR count). The van der Waals surface area contributed by atoms with Crippen LogP contribution in [0.5, 0.6) is 5.75 Å². The lowest BCUT2D eigenvalue weighted by molar-refractivity contribution is -0.0594. The molecule has 3 heteroatoms. The average Bonchev–Trinajstić information content (AvgIpc) is 2.97. The minimum absolute atomic E-state index is 0.454. The molecule has 2 saturated heterocycles. The maximum Gasteiger partial charge on any atom is 0.119 e. The summed E-state index contributed by atoms with van der Waals surface area (Å²) < 4.78 is 5.33. The van der Waals surface area contributed by atoms with E-state index in [2.05, 4.69) is 65.6 Å². The van der Waals surface area contributed by atoms with Gasteiger partial charge in [0.05, 0.1) is 12.7 Å². The first-order valence-electron chi connectivity index (χ1n) is 10.2. The fourth-order valence-corrected chi connectivity index (χ4v) is 5.24. The maximum atomic E-state index is 11.6. The van der Waals surface area contributed by atoms with Gasteiger partial charge in [-0.1, -0.05) is 48.5 Å². The first-order chi connectivity index (χ1) is 13.6. The summed E-state index contributed by atoms with van der Waals surface area (Å²) in [4.78, 5) is 2.62. The topological polar surface area (TPSA) is 32.7 Å². The Balaban J connectivity index is 1.40. The van der Waals surface area contributed by atoms with Gasteiger partial charge in [-0.2, -0.15) is 0 Å². The third-order valence-electron chi connectivity index (χ3n) is 6.71. The molecular formula is C25H27NO2. The van der Waals surface area contributed by atoms with Gasteiger partial charge in [0.25, 0.3) is 0 Å². The number of piperidine rings is 1. The third kappa shape index (κ3) is 3.09. The van der Waals surface area contributed by atoms with Crippen LogP contribution in [-0.2, 0) is 12.1 Å². The Hall–Kier alpha value is -2.36. The van der Waals surface area contributed by atoms with Crippen LogP contribution < -0.4 is 4.74 Å². The zero-order valence-corrected chi connectivity index (χ0v) is 16.3. The molecule has 2 atom stereocenters. The SMILES string of the molecule is COc1ccc2cc(C3(O)CC4CCC(C3)N4Cc3ccccc3)ccc2c1. The Labute approximate surface area is 166 Å². The van der Waals surface area contributed by atoms with E-state index in [1.807, 2.05) is 6.07 Å². The standard InChI is InChI=1S/C25H27NO2/c1-28-24-12-8-19-13-21(9-7-20(19)14-24)25(27)15-22-10-11-23(16-25)26(22)17-18-5-3-2-4-6-18/h2-9,12-14,22-23,27H,10-11,15-17H2,1H3. The van der Waals surface area contributed by atoms with E-state index in [1.165, 1.54) is 18.4 Å². The van der Waals surface area contributed by atoms with Gasteiger partial charge >= 0.3 is 0 Å². The third-order valence-corrected chi connectivity index (χ3v) is 6.71. The van der Waals surface area contributed by atoms with Gasteiger partial charge in [0.15, 0.2) is 0 Å². The summed E-state index contributed by atoms with van der Waals surface area (Å²) in [6, 6.07) is 24.1. The van der Waals surface area contributed by atoms with Crippen LogP contribution in [0.1, 0.15) is 36.8 Å². The lowest BCUT2D eigenvalue weighted by atomic mass is 9.80. The zero-order valence-electron chi connectivity index (χ0n) is 16.3. The van der Waals surface area contributed by atoms with Gasteiger partial charge < -0.3 is 9.84 Å². The second-order valence-electron chi connectivity index (χ2n) is 8.41. The number of ether oxygens (including phenoxy) is 1. The van der Waals surface area contributed by atoms with E-state index in [0.29, 0.717) is 12.1 Å². The van der Waals surface area contributed by atoms with Crippen LogP contribution in [0.25, 0.3) is 10.8 Å². The molecule has 144 valence electrons. The number of rotatable bonds is 4. The van der Waals surface area contributed by atoms with Gasteiger partial charge in [0, 0.05) is 18.6 Å². The summed E-state index contributed by atoms with van der Waals surface area (Å²) in [5.41, 5.74) is 1.69. The molecule has 0 radical (unpaired) electrons. The van der Waals surface area contributed by atoms with Crippen molar-refractivity contribution in [3.8, 4) is 5.75 Å². The first-order valence-corrected chi connectivity index (χ1v) is 10.2. The fourth-order valence-electron chi connectivity index (χ4n) is 5.24. The molecule has 2 bridgehead atoms. The Morgan fingerprint density at radius 2 is 1.61 bits per heavy atom. The molecule has 2 heterocycles. The number of benzene rings is 3. The molecule has 0 spiro atoms. The highest BCUT2D eigenvalue weighted by molar-refractivity contribution is 5.84. The van der Waals surface area contributed by atoms with Crippen LogP contribution in [0, 0.1) is 0 Å². The molecule has 0 aliphatic carbocycles. The molecule has 1 N–H and O–H groups in total. The summed E-state index contributed by atoms with van der Waals surface area (Å²) in [5.74, 6) is 0.867. The van der Waals surface area contributed by atoms with Gasteiger partial charge in [0.1, 0.15) is 5.75 Å². The summed E-state index contributed by atoms with van der Waals surface area (Å²) in [6.45, 7) is 0.990. The number of fused-ring (bicyclic) bond motifs is 3. The van der Waals surface area contributed by atoms with Crippen molar-refractivity contribution in [1.82, 2.24) is 4.90 Å². The monoisotopic (exact) mass is 373 g/mol. The number of hydrogen-bond acceptors (Lipinski definition) is 3. The van der Waals surface area contributed by atoms with Crippen molar-refractivity contribution in [2.45, 2.75) is 49.9 Å². The smallest absolute Gasteiger partial charge is 0.119 e. The molecule has 2 aliphatic heterocycles. The highest BCUT2D eigenvalue weighted by atomic mass is 16.5. The Morgan fingerprint density at radius 3 is 2.32 bits per heavy atom. The molecule has 3 aromatic carbocycles. The Bertz CT molecular complexity index is 970. The molecule has 3 nitrogen and oxygen atoms in total. The van der Waals surface area contributed by atoms with Crippen LogP contribution in [0.4, 0.5) is 0 Å². The minimum atomic E-state index is -0.729. The predicted molar refractivity (Wildman–Crippen MR) is 112 cm³/mol. The minimum Gasteiger partial charge on any atom is -0.497 e.